The second kappa shape index (κ2) is 11.9. The van der Waals surface area contributed by atoms with E-state index in [0.29, 0.717) is 23.7 Å². The fourth-order valence-corrected chi connectivity index (χ4v) is 6.93. The molecular formula is C37H30N4O3S. The van der Waals surface area contributed by atoms with E-state index in [9.17, 15) is 9.90 Å². The molecule has 0 spiro atoms. The second-order valence-corrected chi connectivity index (χ2v) is 11.8. The van der Waals surface area contributed by atoms with Gasteiger partial charge in [0.25, 0.3) is 0 Å². The largest absolute Gasteiger partial charge is 0.494 e. The van der Waals surface area contributed by atoms with Gasteiger partial charge in [-0.1, -0.05) is 114 Å². The Morgan fingerprint density at radius 3 is 1.91 bits per heavy atom. The number of fused-ring (bicyclic) bond motifs is 1. The number of rotatable bonds is 9. The van der Waals surface area contributed by atoms with Crippen LogP contribution in [0, 0.1) is 0 Å². The molecule has 7 aromatic rings. The third-order valence-corrected chi connectivity index (χ3v) is 9.07. The maximum atomic E-state index is 14.0. The van der Waals surface area contributed by atoms with Gasteiger partial charge in [-0.05, 0) is 46.5 Å². The molecule has 0 saturated heterocycles. The van der Waals surface area contributed by atoms with Gasteiger partial charge in [-0.25, -0.2) is 9.97 Å². The zero-order chi connectivity index (χ0) is 30.8. The van der Waals surface area contributed by atoms with E-state index in [1.807, 2.05) is 139 Å². The van der Waals surface area contributed by atoms with Crippen molar-refractivity contribution in [2.45, 2.75) is 18.6 Å². The molecule has 0 saturated carbocycles. The first-order chi connectivity index (χ1) is 22.1. The van der Waals surface area contributed by atoms with E-state index in [4.69, 9.17) is 4.74 Å². The number of hydrogen-bond acceptors (Lipinski definition) is 6. The fraction of sp³-hybridized carbons (Fsp3) is 0.108. The Labute approximate surface area is 264 Å². The number of nitrogens with zero attached hydrogens (tertiary/aromatic N) is 4. The molecule has 45 heavy (non-hydrogen) atoms. The van der Waals surface area contributed by atoms with Gasteiger partial charge < -0.3 is 14.4 Å². The molecular weight excluding hydrogens is 580 g/mol. The third-order valence-electron chi connectivity index (χ3n) is 8.14. The number of pyridine rings is 1. The van der Waals surface area contributed by atoms with Crippen molar-refractivity contribution < 1.29 is 9.84 Å². The second-order valence-electron chi connectivity index (χ2n) is 10.8. The molecule has 0 bridgehead atoms. The van der Waals surface area contributed by atoms with Crippen LogP contribution in [0.4, 0.5) is 0 Å². The van der Waals surface area contributed by atoms with Crippen molar-refractivity contribution >= 4 is 22.5 Å². The average molecular weight is 611 g/mol. The summed E-state index contributed by atoms with van der Waals surface area (Å²) in [4.78, 5) is 23.3. The predicted molar refractivity (Wildman–Crippen MR) is 177 cm³/mol. The highest BCUT2D eigenvalue weighted by Crippen LogP contribution is 2.43. The van der Waals surface area contributed by atoms with Crippen molar-refractivity contribution in [3.8, 4) is 11.6 Å². The van der Waals surface area contributed by atoms with E-state index in [-0.39, 0.29) is 10.8 Å². The number of benzene rings is 4. The van der Waals surface area contributed by atoms with Crippen molar-refractivity contribution in [2.24, 2.45) is 7.05 Å². The molecule has 0 aliphatic carbocycles. The summed E-state index contributed by atoms with van der Waals surface area (Å²) in [6.45, 7) is 0.304. The average Bonchev–Trinajstić information content (AvgIpc) is 3.56. The highest BCUT2D eigenvalue weighted by Gasteiger charge is 2.42. The Morgan fingerprint density at radius 2 is 1.36 bits per heavy atom. The molecule has 0 unspecified atom stereocenters. The number of thiazole rings is 1. The maximum Gasteiger partial charge on any atom is 0.311 e. The van der Waals surface area contributed by atoms with Crippen LogP contribution in [0.5, 0.6) is 11.6 Å². The van der Waals surface area contributed by atoms with Gasteiger partial charge in [-0.3, -0.25) is 9.36 Å². The normalized spacial score (nSPS) is 11.6. The summed E-state index contributed by atoms with van der Waals surface area (Å²) in [5.41, 5.74) is 4.14. The summed E-state index contributed by atoms with van der Waals surface area (Å²) < 4.78 is 9.52. The number of aryl methyl sites for hydroxylation is 1. The maximum absolute atomic E-state index is 14.0. The highest BCUT2D eigenvalue weighted by molar-refractivity contribution is 7.09. The van der Waals surface area contributed by atoms with Gasteiger partial charge in [0.05, 0.1) is 4.88 Å². The lowest BCUT2D eigenvalue weighted by Gasteiger charge is -2.37. The van der Waals surface area contributed by atoms with E-state index in [0.717, 1.165) is 50.6 Å². The molecule has 0 aliphatic heterocycles. The standard InChI is InChI=1S/C37H30N4O3S/c1-40-33(39-31-18-11-23-38-34(31)40)25-44-30-21-19-26(20-22-30)24-32-35(42)41(36(43)45-32)37(27-12-5-2-6-13-27,28-14-7-3-8-15-28)29-16-9-4-10-17-29/h2-23,42H,24-25H2,1H3. The number of ether oxygens (including phenoxy) is 1. The van der Waals surface area contributed by atoms with Gasteiger partial charge in [-0.15, -0.1) is 0 Å². The van der Waals surface area contributed by atoms with Gasteiger partial charge in [0.2, 0.25) is 5.88 Å². The minimum absolute atomic E-state index is 0.0441. The van der Waals surface area contributed by atoms with Gasteiger partial charge in [0.15, 0.2) is 5.65 Å². The monoisotopic (exact) mass is 610 g/mol. The Morgan fingerprint density at radius 1 is 0.778 bits per heavy atom. The zero-order valence-electron chi connectivity index (χ0n) is 24.6. The van der Waals surface area contributed by atoms with Crippen LogP contribution in [0.3, 0.4) is 0 Å². The summed E-state index contributed by atoms with van der Waals surface area (Å²) in [5.74, 6) is 1.44. The highest BCUT2D eigenvalue weighted by atomic mass is 32.1. The summed E-state index contributed by atoms with van der Waals surface area (Å²) in [5, 5.41) is 11.9. The van der Waals surface area contributed by atoms with Gasteiger partial charge >= 0.3 is 4.87 Å². The molecule has 0 aliphatic rings. The summed E-state index contributed by atoms with van der Waals surface area (Å²) >= 11 is 1.07. The van der Waals surface area contributed by atoms with Crippen LogP contribution in [0.2, 0.25) is 0 Å². The summed E-state index contributed by atoms with van der Waals surface area (Å²) in [6, 6.07) is 41.2. The molecule has 7 rings (SSSR count). The van der Waals surface area contributed by atoms with E-state index in [2.05, 4.69) is 9.97 Å². The van der Waals surface area contributed by atoms with E-state index in [1.165, 1.54) is 0 Å². The molecule has 3 aromatic heterocycles. The molecule has 0 radical (unpaired) electrons. The molecule has 8 heteroatoms. The number of aromatic hydroxyl groups is 1. The lowest BCUT2D eigenvalue weighted by molar-refractivity contribution is 0.292. The molecule has 4 aromatic carbocycles. The minimum Gasteiger partial charge on any atom is -0.494 e. The van der Waals surface area contributed by atoms with Crippen molar-refractivity contribution in [1.29, 1.82) is 0 Å². The van der Waals surface area contributed by atoms with E-state index >= 15 is 0 Å². The van der Waals surface area contributed by atoms with E-state index < -0.39 is 5.54 Å². The van der Waals surface area contributed by atoms with Crippen LogP contribution in [0.1, 0.15) is 33.0 Å². The van der Waals surface area contributed by atoms with Crippen LogP contribution < -0.4 is 9.61 Å². The van der Waals surface area contributed by atoms with Crippen molar-refractivity contribution in [2.75, 3.05) is 0 Å². The Bertz CT molecular complexity index is 2020. The van der Waals surface area contributed by atoms with Crippen molar-refractivity contribution in [3.63, 3.8) is 0 Å². The SMILES string of the molecule is Cn1c(COc2ccc(Cc3sc(=O)n(C(c4ccccc4)(c4ccccc4)c4ccccc4)c3O)cc2)nc2cccnc21. The molecule has 1 N–H and O–H groups in total. The Balaban J connectivity index is 1.22. The summed E-state index contributed by atoms with van der Waals surface area (Å²) in [6.07, 6.45) is 2.14. The molecule has 7 nitrogen and oxygen atoms in total. The number of aromatic nitrogens is 4. The van der Waals surface area contributed by atoms with Gasteiger partial charge in [0.1, 0.15) is 29.2 Å². The van der Waals surface area contributed by atoms with Crippen molar-refractivity contribution in [3.05, 3.63) is 176 Å². The first-order valence-corrected chi connectivity index (χ1v) is 15.5. The zero-order valence-corrected chi connectivity index (χ0v) is 25.4. The predicted octanol–water partition coefficient (Wildman–Crippen LogP) is 6.91. The molecule has 0 atom stereocenters. The first-order valence-electron chi connectivity index (χ1n) is 14.6. The first kappa shape index (κ1) is 28.3. The Kier molecular flexibility index (Phi) is 7.49. The third kappa shape index (κ3) is 5.09. The smallest absolute Gasteiger partial charge is 0.311 e. The lowest BCUT2D eigenvalue weighted by Crippen LogP contribution is -2.42. The quantitative estimate of drug-likeness (QED) is 0.180. The topological polar surface area (TPSA) is 82.2 Å². The summed E-state index contributed by atoms with van der Waals surface area (Å²) in [7, 11) is 1.93. The van der Waals surface area contributed by atoms with Crippen LogP contribution in [0.25, 0.3) is 11.2 Å². The lowest BCUT2D eigenvalue weighted by atomic mass is 9.76. The number of imidazole rings is 1. The van der Waals surface area contributed by atoms with Crippen LogP contribution >= 0.6 is 11.3 Å². The Hall–Kier alpha value is -5.47. The fourth-order valence-electron chi connectivity index (χ4n) is 5.98. The van der Waals surface area contributed by atoms with Crippen LogP contribution in [-0.2, 0) is 25.6 Å². The van der Waals surface area contributed by atoms with Crippen molar-refractivity contribution in [1.82, 2.24) is 19.1 Å². The molecule has 3 heterocycles. The molecule has 222 valence electrons. The molecule has 0 fully saturated rings. The van der Waals surface area contributed by atoms with Crippen LogP contribution in [-0.4, -0.2) is 24.2 Å². The molecule has 0 amide bonds. The minimum atomic E-state index is -1.08. The van der Waals surface area contributed by atoms with E-state index in [1.54, 1.807) is 10.8 Å². The van der Waals surface area contributed by atoms with Gasteiger partial charge in [0, 0.05) is 19.7 Å². The number of hydrogen-bond donors (Lipinski definition) is 1. The van der Waals surface area contributed by atoms with Gasteiger partial charge in [-0.2, -0.15) is 0 Å². The van der Waals surface area contributed by atoms with Crippen LogP contribution in [0.15, 0.2) is 138 Å².